The standard InChI is InChI=1S/C30H30ClNO6/c1-6-38-23-12-10-18(15-21(23)30(2,3)4)27(34)25-26(17-8-7-9-20(33)14-17)32(29(36)28(25)35)19-11-13-24(37-5)22(31)16-19/h7-16,26,33-34H,6H2,1-5H3/b27-25-. The van der Waals surface area contributed by atoms with Crippen molar-refractivity contribution in [2.75, 3.05) is 18.6 Å². The van der Waals surface area contributed by atoms with Crippen molar-refractivity contribution in [3.8, 4) is 17.2 Å². The van der Waals surface area contributed by atoms with Crippen molar-refractivity contribution in [1.29, 1.82) is 0 Å². The highest BCUT2D eigenvalue weighted by atomic mass is 35.5. The van der Waals surface area contributed by atoms with Crippen molar-refractivity contribution in [2.45, 2.75) is 39.2 Å². The van der Waals surface area contributed by atoms with Crippen molar-refractivity contribution in [3.63, 3.8) is 0 Å². The molecule has 1 aliphatic rings. The maximum absolute atomic E-state index is 13.5. The molecule has 3 aromatic rings. The van der Waals surface area contributed by atoms with Crippen LogP contribution in [0.5, 0.6) is 17.2 Å². The van der Waals surface area contributed by atoms with Crippen LogP contribution in [0.25, 0.3) is 5.76 Å². The minimum atomic E-state index is -1.02. The number of aromatic hydroxyl groups is 1. The van der Waals surface area contributed by atoms with Crippen molar-refractivity contribution < 1.29 is 29.3 Å². The van der Waals surface area contributed by atoms with E-state index in [4.69, 9.17) is 21.1 Å². The van der Waals surface area contributed by atoms with Gasteiger partial charge in [-0.1, -0.05) is 44.5 Å². The molecule has 4 rings (SSSR count). The van der Waals surface area contributed by atoms with Crippen LogP contribution in [0, 0.1) is 0 Å². The van der Waals surface area contributed by atoms with E-state index in [1.165, 1.54) is 30.2 Å². The summed E-state index contributed by atoms with van der Waals surface area (Å²) in [7, 11) is 1.47. The monoisotopic (exact) mass is 535 g/mol. The van der Waals surface area contributed by atoms with Crippen LogP contribution in [0.15, 0.2) is 66.2 Å². The summed E-state index contributed by atoms with van der Waals surface area (Å²) in [5.41, 5.74) is 1.57. The predicted octanol–water partition coefficient (Wildman–Crippen LogP) is 6.38. The first-order chi connectivity index (χ1) is 18.0. The number of anilines is 1. The van der Waals surface area contributed by atoms with E-state index in [9.17, 15) is 19.8 Å². The molecule has 2 N–H and O–H groups in total. The molecule has 1 saturated heterocycles. The van der Waals surface area contributed by atoms with E-state index >= 15 is 0 Å². The summed E-state index contributed by atoms with van der Waals surface area (Å²) in [6.07, 6.45) is 0. The fourth-order valence-corrected chi connectivity index (χ4v) is 4.87. The minimum Gasteiger partial charge on any atom is -0.508 e. The zero-order valence-corrected chi connectivity index (χ0v) is 22.7. The Morgan fingerprint density at radius 2 is 1.74 bits per heavy atom. The maximum atomic E-state index is 13.5. The van der Waals surface area contributed by atoms with Crippen LogP contribution in [0.1, 0.15) is 50.4 Å². The van der Waals surface area contributed by atoms with Crippen molar-refractivity contribution in [3.05, 3.63) is 87.9 Å². The third-order valence-corrected chi connectivity index (χ3v) is 6.70. The van der Waals surface area contributed by atoms with Gasteiger partial charge in [0.2, 0.25) is 0 Å². The van der Waals surface area contributed by atoms with Gasteiger partial charge in [0.25, 0.3) is 11.7 Å². The number of ketones is 1. The van der Waals surface area contributed by atoms with E-state index in [-0.39, 0.29) is 27.5 Å². The largest absolute Gasteiger partial charge is 0.508 e. The molecular weight excluding hydrogens is 506 g/mol. The Kier molecular flexibility index (Phi) is 7.42. The van der Waals surface area contributed by atoms with Gasteiger partial charge in [-0.2, -0.15) is 0 Å². The molecule has 1 atom stereocenters. The van der Waals surface area contributed by atoms with Gasteiger partial charge in [0.1, 0.15) is 23.0 Å². The van der Waals surface area contributed by atoms with Crippen LogP contribution < -0.4 is 14.4 Å². The van der Waals surface area contributed by atoms with E-state index in [0.29, 0.717) is 34.9 Å². The van der Waals surface area contributed by atoms with Gasteiger partial charge >= 0.3 is 0 Å². The lowest BCUT2D eigenvalue weighted by atomic mass is 9.84. The molecule has 1 fully saturated rings. The predicted molar refractivity (Wildman–Crippen MR) is 147 cm³/mol. The second-order valence-electron chi connectivity index (χ2n) is 9.98. The van der Waals surface area contributed by atoms with E-state index in [1.807, 2.05) is 27.7 Å². The molecule has 8 heteroatoms. The zero-order valence-electron chi connectivity index (χ0n) is 21.9. The summed E-state index contributed by atoms with van der Waals surface area (Å²) >= 11 is 6.35. The number of rotatable bonds is 6. The molecule has 1 heterocycles. The fraction of sp³-hybridized carbons (Fsp3) is 0.267. The molecule has 0 saturated carbocycles. The number of hydrogen-bond acceptors (Lipinski definition) is 6. The number of phenolic OH excluding ortho intramolecular Hbond substituents is 1. The normalized spacial score (nSPS) is 17.1. The van der Waals surface area contributed by atoms with Crippen LogP contribution in [0.3, 0.4) is 0 Å². The van der Waals surface area contributed by atoms with Gasteiger partial charge < -0.3 is 19.7 Å². The van der Waals surface area contributed by atoms with Crippen LogP contribution in [0.4, 0.5) is 5.69 Å². The van der Waals surface area contributed by atoms with Crippen molar-refractivity contribution in [1.82, 2.24) is 0 Å². The molecule has 0 radical (unpaired) electrons. The smallest absolute Gasteiger partial charge is 0.300 e. The molecule has 0 aromatic heterocycles. The first-order valence-corrected chi connectivity index (χ1v) is 12.6. The highest BCUT2D eigenvalue weighted by Gasteiger charge is 2.47. The summed E-state index contributed by atoms with van der Waals surface area (Å²) in [6.45, 7) is 8.43. The number of aliphatic hydroxyl groups is 1. The number of nitrogens with zero attached hydrogens (tertiary/aromatic N) is 1. The number of amides is 1. The summed E-state index contributed by atoms with van der Waals surface area (Å²) < 4.78 is 11.0. The van der Waals surface area contributed by atoms with Gasteiger partial charge in [0.05, 0.1) is 30.4 Å². The molecule has 0 aliphatic carbocycles. The molecule has 1 unspecified atom stereocenters. The molecule has 1 amide bonds. The number of phenols is 1. The molecule has 0 bridgehead atoms. The Morgan fingerprint density at radius 1 is 1.03 bits per heavy atom. The average molecular weight is 536 g/mol. The van der Waals surface area contributed by atoms with E-state index in [2.05, 4.69) is 0 Å². The highest BCUT2D eigenvalue weighted by molar-refractivity contribution is 6.51. The zero-order chi connectivity index (χ0) is 27.8. The number of Topliss-reactive ketones (excluding diaryl/α,β-unsaturated/α-hetero) is 1. The third kappa shape index (κ3) is 4.94. The Hall–Kier alpha value is -3.97. The molecule has 1 aliphatic heterocycles. The number of methoxy groups -OCH3 is 1. The molecule has 3 aromatic carbocycles. The van der Waals surface area contributed by atoms with Crippen molar-refractivity contribution >= 4 is 34.7 Å². The maximum Gasteiger partial charge on any atom is 0.300 e. The van der Waals surface area contributed by atoms with Gasteiger partial charge in [-0.15, -0.1) is 0 Å². The van der Waals surface area contributed by atoms with Gasteiger partial charge in [-0.25, -0.2) is 0 Å². The summed E-state index contributed by atoms with van der Waals surface area (Å²) in [5.74, 6) is -0.971. The summed E-state index contributed by atoms with van der Waals surface area (Å²) in [6, 6.07) is 15.1. The van der Waals surface area contributed by atoms with Crippen LogP contribution in [0.2, 0.25) is 5.02 Å². The van der Waals surface area contributed by atoms with Crippen LogP contribution >= 0.6 is 11.6 Å². The van der Waals surface area contributed by atoms with Gasteiger partial charge in [-0.3, -0.25) is 14.5 Å². The number of aliphatic hydroxyl groups excluding tert-OH is 1. The summed E-state index contributed by atoms with van der Waals surface area (Å²) in [5, 5.41) is 22.0. The average Bonchev–Trinajstić information content (AvgIpc) is 3.13. The van der Waals surface area contributed by atoms with E-state index in [1.54, 1.807) is 42.5 Å². The number of halogens is 1. The van der Waals surface area contributed by atoms with Gasteiger partial charge in [-0.05, 0) is 66.4 Å². The molecule has 0 spiro atoms. The molecular formula is C30H30ClNO6. The second-order valence-corrected chi connectivity index (χ2v) is 10.4. The minimum absolute atomic E-state index is 0.0445. The van der Waals surface area contributed by atoms with Crippen LogP contribution in [-0.4, -0.2) is 35.6 Å². The number of carbonyl (C=O) groups excluding carboxylic acids is 2. The molecule has 198 valence electrons. The van der Waals surface area contributed by atoms with Crippen LogP contribution in [-0.2, 0) is 15.0 Å². The third-order valence-electron chi connectivity index (χ3n) is 6.40. The fourth-order valence-electron chi connectivity index (χ4n) is 4.61. The number of ether oxygens (including phenoxy) is 2. The Bertz CT molecular complexity index is 1440. The van der Waals surface area contributed by atoms with E-state index < -0.39 is 17.7 Å². The van der Waals surface area contributed by atoms with E-state index in [0.717, 1.165) is 5.56 Å². The second kappa shape index (κ2) is 10.4. The Balaban J connectivity index is 1.95. The van der Waals surface area contributed by atoms with Gasteiger partial charge in [0.15, 0.2) is 0 Å². The first-order valence-electron chi connectivity index (χ1n) is 12.2. The quantitative estimate of drug-likeness (QED) is 0.216. The lowest BCUT2D eigenvalue weighted by molar-refractivity contribution is -0.132. The Morgan fingerprint density at radius 3 is 2.34 bits per heavy atom. The molecule has 7 nitrogen and oxygen atoms in total. The lowest BCUT2D eigenvalue weighted by Gasteiger charge is -2.26. The number of benzene rings is 3. The topological polar surface area (TPSA) is 96.3 Å². The Labute approximate surface area is 226 Å². The number of hydrogen-bond donors (Lipinski definition) is 2. The van der Waals surface area contributed by atoms with Crippen molar-refractivity contribution in [2.24, 2.45) is 0 Å². The SMILES string of the molecule is CCOc1ccc(/C(O)=C2/C(=O)C(=O)N(c3ccc(OC)c(Cl)c3)C2c2cccc(O)c2)cc1C(C)(C)C. The summed E-state index contributed by atoms with van der Waals surface area (Å²) in [4.78, 5) is 28.2. The molecule has 38 heavy (non-hydrogen) atoms. The number of carbonyl (C=O) groups is 2. The first kappa shape index (κ1) is 27.1. The lowest BCUT2D eigenvalue weighted by Crippen LogP contribution is -2.29. The van der Waals surface area contributed by atoms with Gasteiger partial charge in [0, 0.05) is 16.8 Å². The highest BCUT2D eigenvalue weighted by Crippen LogP contribution is 2.45.